The second kappa shape index (κ2) is 3.28. The van der Waals surface area contributed by atoms with Gasteiger partial charge in [0.05, 0.1) is 4.47 Å². The van der Waals surface area contributed by atoms with Gasteiger partial charge in [-0.25, -0.2) is 0 Å². The van der Waals surface area contributed by atoms with Crippen LogP contribution in [0.5, 0.6) is 11.5 Å². The number of hydrogen-bond acceptors (Lipinski definition) is 3. The highest BCUT2D eigenvalue weighted by molar-refractivity contribution is 9.10. The predicted octanol–water partition coefficient (Wildman–Crippen LogP) is 2.69. The molecule has 4 heteroatoms. The molecule has 0 unspecified atom stereocenters. The van der Waals surface area contributed by atoms with Gasteiger partial charge in [0.1, 0.15) is 0 Å². The molecule has 0 aromatic heterocycles. The van der Waals surface area contributed by atoms with Crippen molar-refractivity contribution in [2.24, 2.45) is 0 Å². The highest BCUT2D eigenvalue weighted by atomic mass is 79.9. The highest BCUT2D eigenvalue weighted by Gasteiger charge is 2.23. The molecule has 1 aromatic carbocycles. The number of fused-ring (bicyclic) bond motifs is 1. The van der Waals surface area contributed by atoms with Gasteiger partial charge in [-0.2, -0.15) is 0 Å². The van der Waals surface area contributed by atoms with Gasteiger partial charge >= 0.3 is 0 Å². The average molecular weight is 257 g/mol. The molecule has 0 atom stereocenters. The van der Waals surface area contributed by atoms with Crippen molar-refractivity contribution in [2.75, 3.05) is 6.79 Å². The van der Waals surface area contributed by atoms with E-state index in [2.05, 4.69) is 15.9 Å². The van der Waals surface area contributed by atoms with Crippen molar-refractivity contribution in [1.29, 1.82) is 0 Å². The number of benzene rings is 1. The van der Waals surface area contributed by atoms with Crippen LogP contribution in [0.3, 0.4) is 0 Å². The van der Waals surface area contributed by atoms with Gasteiger partial charge in [0.15, 0.2) is 17.3 Å². The number of halogens is 1. The van der Waals surface area contributed by atoms with Crippen molar-refractivity contribution in [3.8, 4) is 11.5 Å². The van der Waals surface area contributed by atoms with Crippen LogP contribution in [0.25, 0.3) is 0 Å². The molecular formula is C10H9BrO3. The largest absolute Gasteiger partial charge is 0.454 e. The molecule has 74 valence electrons. The number of ether oxygens (including phenoxy) is 2. The lowest BCUT2D eigenvalue weighted by atomic mass is 10.0. The van der Waals surface area contributed by atoms with E-state index in [0.717, 1.165) is 5.56 Å². The normalized spacial score (nSPS) is 13.1. The molecule has 0 radical (unpaired) electrons. The molecule has 3 nitrogen and oxygen atoms in total. The summed E-state index contributed by atoms with van der Waals surface area (Å²) < 4.78 is 11.2. The molecular weight excluding hydrogens is 248 g/mol. The minimum atomic E-state index is 0.0210. The van der Waals surface area contributed by atoms with Gasteiger partial charge in [0, 0.05) is 5.56 Å². The summed E-state index contributed by atoms with van der Waals surface area (Å²) in [6, 6.07) is 1.82. The van der Waals surface area contributed by atoms with Crippen LogP contribution in [-0.2, 0) is 0 Å². The number of carbonyl (C=O) groups is 1. The van der Waals surface area contributed by atoms with E-state index in [1.165, 1.54) is 6.92 Å². The zero-order valence-corrected chi connectivity index (χ0v) is 9.47. The van der Waals surface area contributed by atoms with Crippen molar-refractivity contribution in [2.45, 2.75) is 13.8 Å². The number of ketones is 1. The second-order valence-electron chi connectivity index (χ2n) is 3.17. The predicted molar refractivity (Wildman–Crippen MR) is 55.0 cm³/mol. The molecule has 0 saturated carbocycles. The molecule has 1 aromatic rings. The molecule has 0 bridgehead atoms. The van der Waals surface area contributed by atoms with E-state index in [9.17, 15) is 4.79 Å². The Hall–Kier alpha value is -1.03. The zero-order valence-electron chi connectivity index (χ0n) is 7.89. The lowest BCUT2D eigenvalue weighted by molar-refractivity contribution is 0.101. The number of rotatable bonds is 1. The van der Waals surface area contributed by atoms with E-state index in [1.54, 1.807) is 0 Å². The van der Waals surface area contributed by atoms with Crippen molar-refractivity contribution in [1.82, 2.24) is 0 Å². The zero-order chi connectivity index (χ0) is 10.3. The monoisotopic (exact) mass is 256 g/mol. The molecule has 2 rings (SSSR count). The second-order valence-corrected chi connectivity index (χ2v) is 3.97. The fourth-order valence-corrected chi connectivity index (χ4v) is 2.46. The van der Waals surface area contributed by atoms with Crippen molar-refractivity contribution < 1.29 is 14.3 Å². The van der Waals surface area contributed by atoms with E-state index in [-0.39, 0.29) is 12.6 Å². The molecule has 0 amide bonds. The summed E-state index contributed by atoms with van der Waals surface area (Å²) in [5, 5.41) is 0. The van der Waals surface area contributed by atoms with E-state index >= 15 is 0 Å². The SMILES string of the molecule is CC(=O)c1c(C)cc2c(c1Br)OCO2. The molecule has 0 aliphatic carbocycles. The molecule has 0 spiro atoms. The van der Waals surface area contributed by atoms with Crippen molar-refractivity contribution >= 4 is 21.7 Å². The molecule has 0 fully saturated rings. The third-order valence-corrected chi connectivity index (χ3v) is 2.91. The Morgan fingerprint density at radius 1 is 1.50 bits per heavy atom. The first-order valence-corrected chi connectivity index (χ1v) is 5.00. The first-order chi connectivity index (χ1) is 6.61. The maximum atomic E-state index is 11.4. The smallest absolute Gasteiger partial charge is 0.231 e. The summed E-state index contributed by atoms with van der Waals surface area (Å²) in [5.41, 5.74) is 1.56. The number of hydrogen-bond donors (Lipinski definition) is 0. The summed E-state index contributed by atoms with van der Waals surface area (Å²) in [6.45, 7) is 3.63. The summed E-state index contributed by atoms with van der Waals surface area (Å²) >= 11 is 3.36. The van der Waals surface area contributed by atoms with Crippen LogP contribution < -0.4 is 9.47 Å². The van der Waals surface area contributed by atoms with Crippen LogP contribution in [0.15, 0.2) is 10.5 Å². The molecule has 0 saturated heterocycles. The Balaban J connectivity index is 2.68. The fraction of sp³-hybridized carbons (Fsp3) is 0.300. The average Bonchev–Trinajstić information content (AvgIpc) is 2.50. The molecule has 1 aliphatic heterocycles. The fourth-order valence-electron chi connectivity index (χ4n) is 1.55. The third-order valence-electron chi connectivity index (χ3n) is 2.15. The molecule has 0 N–H and O–H groups in total. The van der Waals surface area contributed by atoms with Crippen LogP contribution in [0.4, 0.5) is 0 Å². The lowest BCUT2D eigenvalue weighted by Gasteiger charge is -2.07. The van der Waals surface area contributed by atoms with Crippen LogP contribution in [-0.4, -0.2) is 12.6 Å². The van der Waals surface area contributed by atoms with Gasteiger partial charge in [-0.15, -0.1) is 0 Å². The lowest BCUT2D eigenvalue weighted by Crippen LogP contribution is -1.98. The minimum Gasteiger partial charge on any atom is -0.454 e. The van der Waals surface area contributed by atoms with Crippen LogP contribution >= 0.6 is 15.9 Å². The Kier molecular flexibility index (Phi) is 2.23. The van der Waals surface area contributed by atoms with Gasteiger partial charge in [-0.05, 0) is 41.4 Å². The molecule has 1 aliphatic rings. The van der Waals surface area contributed by atoms with Gasteiger partial charge < -0.3 is 9.47 Å². The standard InChI is InChI=1S/C10H9BrO3/c1-5-3-7-10(14-4-13-7)9(11)8(5)6(2)12/h3H,4H2,1-2H3. The van der Waals surface area contributed by atoms with E-state index in [4.69, 9.17) is 9.47 Å². The van der Waals surface area contributed by atoms with Crippen molar-refractivity contribution in [3.05, 3.63) is 21.7 Å². The summed E-state index contributed by atoms with van der Waals surface area (Å²) in [7, 11) is 0. The maximum absolute atomic E-state index is 11.4. The van der Waals surface area contributed by atoms with Crippen LogP contribution in [0.1, 0.15) is 22.8 Å². The summed E-state index contributed by atoms with van der Waals surface area (Å²) in [6.07, 6.45) is 0. The molecule has 14 heavy (non-hydrogen) atoms. The van der Waals surface area contributed by atoms with E-state index in [1.807, 2.05) is 13.0 Å². The summed E-state index contributed by atoms with van der Waals surface area (Å²) in [5.74, 6) is 1.34. The third kappa shape index (κ3) is 1.30. The van der Waals surface area contributed by atoms with E-state index in [0.29, 0.717) is 21.5 Å². The minimum absolute atomic E-state index is 0.0210. The maximum Gasteiger partial charge on any atom is 0.231 e. The molecule has 1 heterocycles. The van der Waals surface area contributed by atoms with Gasteiger partial charge in [0.2, 0.25) is 6.79 Å². The Bertz CT molecular complexity index is 412. The first-order valence-electron chi connectivity index (χ1n) is 4.21. The number of Topliss-reactive ketones (excluding diaryl/α,β-unsaturated/α-hetero) is 1. The number of carbonyl (C=O) groups excluding carboxylic acids is 1. The van der Waals surface area contributed by atoms with Gasteiger partial charge in [-0.1, -0.05) is 0 Å². The number of aryl methyl sites for hydroxylation is 1. The Labute approximate surface area is 90.1 Å². The van der Waals surface area contributed by atoms with Gasteiger partial charge in [0.25, 0.3) is 0 Å². The Morgan fingerprint density at radius 2 is 2.21 bits per heavy atom. The topological polar surface area (TPSA) is 35.5 Å². The summed E-state index contributed by atoms with van der Waals surface area (Å²) in [4.78, 5) is 11.4. The van der Waals surface area contributed by atoms with Gasteiger partial charge in [-0.3, -0.25) is 4.79 Å². The van der Waals surface area contributed by atoms with Crippen molar-refractivity contribution in [3.63, 3.8) is 0 Å². The van der Waals surface area contributed by atoms with Crippen LogP contribution in [0.2, 0.25) is 0 Å². The quantitative estimate of drug-likeness (QED) is 0.725. The Morgan fingerprint density at radius 3 is 2.86 bits per heavy atom. The van der Waals surface area contributed by atoms with Crippen LogP contribution in [0, 0.1) is 6.92 Å². The van der Waals surface area contributed by atoms with E-state index < -0.39 is 0 Å². The highest BCUT2D eigenvalue weighted by Crippen LogP contribution is 2.42. The first kappa shape index (κ1) is 9.52.